The van der Waals surface area contributed by atoms with Crippen LogP contribution < -0.4 is 15.8 Å². The van der Waals surface area contributed by atoms with Crippen LogP contribution in [0.3, 0.4) is 0 Å². The Morgan fingerprint density at radius 1 is 1.11 bits per heavy atom. The van der Waals surface area contributed by atoms with Gasteiger partial charge in [0.2, 0.25) is 5.91 Å². The highest BCUT2D eigenvalue weighted by Crippen LogP contribution is 2.21. The number of nitrogens with one attached hydrogen (secondary N) is 2. The largest absolute Gasteiger partial charge is 0.394 e. The van der Waals surface area contributed by atoms with Crippen LogP contribution in [-0.4, -0.2) is 38.0 Å². The molecular weight excluding hydrogens is 370 g/mol. The van der Waals surface area contributed by atoms with E-state index in [-0.39, 0.29) is 16.1 Å². The number of benzene rings is 2. The van der Waals surface area contributed by atoms with Crippen LogP contribution in [0.25, 0.3) is 0 Å². The van der Waals surface area contributed by atoms with Gasteiger partial charge in [-0.25, -0.2) is 8.42 Å². The topological polar surface area (TPSA) is 139 Å². The summed E-state index contributed by atoms with van der Waals surface area (Å²) in [6, 6.07) is 9.59. The van der Waals surface area contributed by atoms with Crippen molar-refractivity contribution in [1.29, 1.82) is 0 Å². The molecule has 8 nitrogen and oxygen atoms in total. The molecule has 2 rings (SSSR count). The van der Waals surface area contributed by atoms with Crippen LogP contribution in [0, 0.1) is 13.8 Å². The van der Waals surface area contributed by atoms with Crippen molar-refractivity contribution in [2.45, 2.75) is 24.8 Å². The normalized spacial score (nSPS) is 12.3. The van der Waals surface area contributed by atoms with E-state index in [9.17, 15) is 18.0 Å². The average molecular weight is 391 g/mol. The van der Waals surface area contributed by atoms with Crippen LogP contribution in [-0.2, 0) is 14.8 Å². The van der Waals surface area contributed by atoms with Gasteiger partial charge in [0.15, 0.2) is 0 Å². The van der Waals surface area contributed by atoms with Gasteiger partial charge >= 0.3 is 0 Å². The molecular formula is C18H21N3O5S. The molecule has 0 bridgehead atoms. The molecule has 0 aliphatic heterocycles. The number of carbonyl (C=O) groups excluding carboxylic acids is 2. The van der Waals surface area contributed by atoms with E-state index in [1.165, 1.54) is 24.3 Å². The fourth-order valence-corrected chi connectivity index (χ4v) is 3.73. The average Bonchev–Trinajstić information content (AvgIpc) is 2.61. The fraction of sp³-hybridized carbons (Fsp3) is 0.222. The summed E-state index contributed by atoms with van der Waals surface area (Å²) in [5, 5.41) is 11.3. The van der Waals surface area contributed by atoms with E-state index in [4.69, 9.17) is 10.8 Å². The Morgan fingerprint density at radius 2 is 1.74 bits per heavy atom. The Balaban J connectivity index is 2.16. The maximum absolute atomic E-state index is 12.6. The minimum absolute atomic E-state index is 0.177. The predicted octanol–water partition coefficient (Wildman–Crippen LogP) is 0.680. The second-order valence-electron chi connectivity index (χ2n) is 6.06. The van der Waals surface area contributed by atoms with Gasteiger partial charge < -0.3 is 16.2 Å². The number of sulfonamides is 1. The second-order valence-corrected chi connectivity index (χ2v) is 7.71. The number of anilines is 1. The molecule has 2 amide bonds. The maximum Gasteiger partial charge on any atom is 0.262 e. The fourth-order valence-electron chi connectivity index (χ4n) is 2.34. The summed E-state index contributed by atoms with van der Waals surface area (Å²) in [4.78, 5) is 23.3. The van der Waals surface area contributed by atoms with Gasteiger partial charge in [-0.1, -0.05) is 12.1 Å². The Bertz CT molecular complexity index is 955. The first-order chi connectivity index (χ1) is 12.6. The van der Waals surface area contributed by atoms with Crippen molar-refractivity contribution in [2.75, 3.05) is 11.3 Å². The van der Waals surface area contributed by atoms with E-state index in [1.54, 1.807) is 26.0 Å². The number of nitrogens with two attached hydrogens (primary N) is 1. The summed E-state index contributed by atoms with van der Waals surface area (Å²) in [5.41, 5.74) is 6.95. The number of aryl methyl sites for hydroxylation is 2. The number of amides is 2. The molecule has 2 aromatic rings. The van der Waals surface area contributed by atoms with Crippen LogP contribution in [0.4, 0.5) is 5.69 Å². The summed E-state index contributed by atoms with van der Waals surface area (Å²) < 4.78 is 27.6. The zero-order valence-electron chi connectivity index (χ0n) is 14.9. The quantitative estimate of drug-likeness (QED) is 0.550. The lowest BCUT2D eigenvalue weighted by molar-refractivity contribution is -0.120. The lowest BCUT2D eigenvalue weighted by Crippen LogP contribution is -2.46. The molecule has 0 unspecified atom stereocenters. The SMILES string of the molecule is Cc1ccc(C)c(S(=O)(=O)Nc2ccc(C(=O)N[C@@H](CO)C(N)=O)cc2)c1. The Hall–Kier alpha value is -2.91. The van der Waals surface area contributed by atoms with Gasteiger partial charge in [0.25, 0.3) is 15.9 Å². The smallest absolute Gasteiger partial charge is 0.262 e. The highest BCUT2D eigenvalue weighted by Gasteiger charge is 2.19. The molecule has 0 radical (unpaired) electrons. The third kappa shape index (κ3) is 5.05. The van der Waals surface area contributed by atoms with Crippen LogP contribution in [0.1, 0.15) is 21.5 Å². The van der Waals surface area contributed by atoms with E-state index in [0.29, 0.717) is 5.56 Å². The zero-order valence-corrected chi connectivity index (χ0v) is 15.7. The highest BCUT2D eigenvalue weighted by molar-refractivity contribution is 7.92. The highest BCUT2D eigenvalue weighted by atomic mass is 32.2. The van der Waals surface area contributed by atoms with E-state index < -0.39 is 34.5 Å². The lowest BCUT2D eigenvalue weighted by Gasteiger charge is -2.13. The van der Waals surface area contributed by atoms with Crippen LogP contribution in [0.15, 0.2) is 47.4 Å². The Kier molecular flexibility index (Phi) is 6.19. The van der Waals surface area contributed by atoms with Gasteiger partial charge in [-0.05, 0) is 55.3 Å². The number of aliphatic hydroxyl groups excluding tert-OH is 1. The molecule has 0 saturated carbocycles. The predicted molar refractivity (Wildman–Crippen MR) is 101 cm³/mol. The molecule has 5 N–H and O–H groups in total. The van der Waals surface area contributed by atoms with Gasteiger partial charge in [-0.15, -0.1) is 0 Å². The molecule has 0 heterocycles. The van der Waals surface area contributed by atoms with Crippen molar-refractivity contribution in [2.24, 2.45) is 5.73 Å². The first kappa shape index (κ1) is 20.4. The van der Waals surface area contributed by atoms with Crippen LogP contribution in [0.5, 0.6) is 0 Å². The van der Waals surface area contributed by atoms with Crippen LogP contribution in [0.2, 0.25) is 0 Å². The number of hydrogen-bond acceptors (Lipinski definition) is 5. The molecule has 1 atom stereocenters. The number of primary amides is 1. The van der Waals surface area contributed by atoms with Crippen molar-refractivity contribution in [3.63, 3.8) is 0 Å². The summed E-state index contributed by atoms with van der Waals surface area (Å²) in [6.45, 7) is 2.89. The van der Waals surface area contributed by atoms with E-state index >= 15 is 0 Å². The number of hydrogen-bond donors (Lipinski definition) is 4. The van der Waals surface area contributed by atoms with Crippen molar-refractivity contribution in [3.05, 3.63) is 59.2 Å². The van der Waals surface area contributed by atoms with Crippen molar-refractivity contribution in [3.8, 4) is 0 Å². The third-order valence-electron chi connectivity index (χ3n) is 3.86. The van der Waals surface area contributed by atoms with Crippen molar-refractivity contribution in [1.82, 2.24) is 5.32 Å². The third-order valence-corrected chi connectivity index (χ3v) is 5.39. The molecule has 0 aliphatic carbocycles. The standard InChI is InChI=1S/C18H21N3O5S/c1-11-3-4-12(2)16(9-11)27(25,26)21-14-7-5-13(6-8-14)18(24)20-15(10-22)17(19)23/h3-9,15,21-22H,10H2,1-2H3,(H2,19,23)(H,20,24)/t15-/m0/s1. The Morgan fingerprint density at radius 3 is 2.30 bits per heavy atom. The molecule has 0 fully saturated rings. The minimum Gasteiger partial charge on any atom is -0.394 e. The van der Waals surface area contributed by atoms with Gasteiger partial charge in [-0.3, -0.25) is 14.3 Å². The second kappa shape index (κ2) is 8.19. The molecule has 9 heteroatoms. The van der Waals surface area contributed by atoms with Crippen molar-refractivity contribution < 1.29 is 23.1 Å². The van der Waals surface area contributed by atoms with E-state index in [0.717, 1.165) is 5.56 Å². The summed E-state index contributed by atoms with van der Waals surface area (Å²) >= 11 is 0. The molecule has 0 aliphatic rings. The molecule has 27 heavy (non-hydrogen) atoms. The number of aliphatic hydroxyl groups is 1. The number of rotatable bonds is 7. The van der Waals surface area contributed by atoms with Gasteiger partial charge in [-0.2, -0.15) is 0 Å². The van der Waals surface area contributed by atoms with Crippen LogP contribution >= 0.6 is 0 Å². The molecule has 144 valence electrons. The summed E-state index contributed by atoms with van der Waals surface area (Å²) in [5.74, 6) is -1.47. The van der Waals surface area contributed by atoms with Gasteiger partial charge in [0, 0.05) is 11.3 Å². The summed E-state index contributed by atoms with van der Waals surface area (Å²) in [7, 11) is -3.78. The number of carbonyl (C=O) groups is 2. The molecule has 0 spiro atoms. The zero-order chi connectivity index (χ0) is 20.2. The van der Waals surface area contributed by atoms with Crippen molar-refractivity contribution >= 4 is 27.5 Å². The minimum atomic E-state index is -3.78. The first-order valence-electron chi connectivity index (χ1n) is 8.05. The monoisotopic (exact) mass is 391 g/mol. The van der Waals surface area contributed by atoms with E-state index in [1.807, 2.05) is 6.07 Å². The molecule has 2 aromatic carbocycles. The van der Waals surface area contributed by atoms with Gasteiger partial charge in [0.1, 0.15) is 6.04 Å². The van der Waals surface area contributed by atoms with E-state index in [2.05, 4.69) is 10.0 Å². The maximum atomic E-state index is 12.6. The Labute approximate surface area is 157 Å². The molecule has 0 aromatic heterocycles. The summed E-state index contributed by atoms with van der Waals surface area (Å²) in [6.07, 6.45) is 0. The first-order valence-corrected chi connectivity index (χ1v) is 9.53. The molecule has 0 saturated heterocycles. The lowest BCUT2D eigenvalue weighted by atomic mass is 10.2. The van der Waals surface area contributed by atoms with Gasteiger partial charge in [0.05, 0.1) is 11.5 Å².